The smallest absolute Gasteiger partial charge is 0.243 e. The van der Waals surface area contributed by atoms with Gasteiger partial charge in [0.15, 0.2) is 0 Å². The molecule has 1 atom stereocenters. The number of para-hydroxylation sites is 1. The summed E-state index contributed by atoms with van der Waals surface area (Å²) in [5.41, 5.74) is 1.93. The largest absolute Gasteiger partial charge is 0.496 e. The average molecular weight is 391 g/mol. The van der Waals surface area contributed by atoms with Crippen LogP contribution in [0, 0.1) is 0 Å². The Bertz CT molecular complexity index is 691. The van der Waals surface area contributed by atoms with E-state index < -0.39 is 0 Å². The Kier molecular flexibility index (Phi) is 6.40. The molecule has 1 amide bonds. The van der Waals surface area contributed by atoms with Gasteiger partial charge in [-0.05, 0) is 44.3 Å². The number of hydrogen-bond donors (Lipinski definition) is 0. The third kappa shape index (κ3) is 4.36. The summed E-state index contributed by atoms with van der Waals surface area (Å²) in [5, 5.41) is 0. The summed E-state index contributed by atoms with van der Waals surface area (Å²) in [7, 11) is 5.41. The first-order valence-electron chi connectivity index (χ1n) is 7.79. The summed E-state index contributed by atoms with van der Waals surface area (Å²) in [5.74, 6) is 0.874. The fourth-order valence-electron chi connectivity index (χ4n) is 2.52. The quantitative estimate of drug-likeness (QED) is 0.748. The molecule has 0 N–H and O–H groups in total. The van der Waals surface area contributed by atoms with E-state index in [-0.39, 0.29) is 11.9 Å². The van der Waals surface area contributed by atoms with Crippen molar-refractivity contribution in [3.63, 3.8) is 0 Å². The second-order valence-electron chi connectivity index (χ2n) is 5.78. The minimum absolute atomic E-state index is 0.0534. The number of carbonyl (C=O) groups excluding carboxylic acids is 1. The van der Waals surface area contributed by atoms with Gasteiger partial charge in [0, 0.05) is 29.3 Å². The number of hydrogen-bond acceptors (Lipinski definition) is 3. The minimum Gasteiger partial charge on any atom is -0.496 e. The van der Waals surface area contributed by atoms with Gasteiger partial charge in [0.05, 0.1) is 13.2 Å². The Morgan fingerprint density at radius 1 is 1.17 bits per heavy atom. The van der Waals surface area contributed by atoms with E-state index in [1.807, 2.05) is 74.4 Å². The van der Waals surface area contributed by atoms with Crippen LogP contribution >= 0.6 is 15.9 Å². The van der Waals surface area contributed by atoms with E-state index in [1.165, 1.54) is 0 Å². The molecule has 5 heteroatoms. The first kappa shape index (κ1) is 18.5. The lowest BCUT2D eigenvalue weighted by Crippen LogP contribution is -2.44. The highest BCUT2D eigenvalue weighted by atomic mass is 79.9. The Morgan fingerprint density at radius 2 is 1.83 bits per heavy atom. The predicted octanol–water partition coefficient (Wildman–Crippen LogP) is 3.94. The summed E-state index contributed by atoms with van der Waals surface area (Å²) in [6.07, 6.45) is 0. The van der Waals surface area contributed by atoms with Gasteiger partial charge in [-0.2, -0.15) is 0 Å². The zero-order valence-electron chi connectivity index (χ0n) is 14.5. The molecule has 0 aromatic heterocycles. The summed E-state index contributed by atoms with van der Waals surface area (Å²) in [6, 6.07) is 15.3. The molecule has 0 aliphatic carbocycles. The number of amides is 1. The lowest BCUT2D eigenvalue weighted by Gasteiger charge is -2.28. The predicted molar refractivity (Wildman–Crippen MR) is 101 cm³/mol. The highest BCUT2D eigenvalue weighted by Gasteiger charge is 2.23. The van der Waals surface area contributed by atoms with Crippen molar-refractivity contribution in [1.29, 1.82) is 0 Å². The molecule has 0 radical (unpaired) electrons. The molecular formula is C19H23BrN2O2. The fraction of sp³-hybridized carbons (Fsp3) is 0.316. The fourth-order valence-corrected chi connectivity index (χ4v) is 2.93. The molecule has 2 aromatic rings. The second-order valence-corrected chi connectivity index (χ2v) is 6.70. The van der Waals surface area contributed by atoms with Crippen LogP contribution in [0.3, 0.4) is 0 Å². The minimum atomic E-state index is -0.251. The molecule has 24 heavy (non-hydrogen) atoms. The van der Waals surface area contributed by atoms with Gasteiger partial charge < -0.3 is 9.64 Å². The summed E-state index contributed by atoms with van der Waals surface area (Å²) in [6.45, 7) is 2.55. The second kappa shape index (κ2) is 8.31. The average Bonchev–Trinajstić information content (AvgIpc) is 2.60. The van der Waals surface area contributed by atoms with Gasteiger partial charge in [0.2, 0.25) is 5.91 Å². The zero-order chi connectivity index (χ0) is 17.7. The van der Waals surface area contributed by atoms with E-state index in [0.717, 1.165) is 21.5 Å². The first-order valence-corrected chi connectivity index (χ1v) is 8.58. The molecule has 128 valence electrons. The molecule has 0 bridgehead atoms. The van der Waals surface area contributed by atoms with Crippen LogP contribution in [-0.4, -0.2) is 38.1 Å². The van der Waals surface area contributed by atoms with E-state index >= 15 is 0 Å². The molecule has 0 heterocycles. The van der Waals surface area contributed by atoms with Crippen LogP contribution in [0.1, 0.15) is 12.5 Å². The number of rotatable bonds is 6. The molecule has 0 saturated carbocycles. The van der Waals surface area contributed by atoms with Crippen LogP contribution in [0.5, 0.6) is 5.75 Å². The van der Waals surface area contributed by atoms with Crippen molar-refractivity contribution in [3.05, 3.63) is 58.6 Å². The molecule has 0 spiro atoms. The maximum atomic E-state index is 12.7. The molecule has 4 nitrogen and oxygen atoms in total. The molecule has 2 rings (SSSR count). The Balaban J connectivity index is 2.10. The first-order chi connectivity index (χ1) is 11.4. The Labute approximate surface area is 152 Å². The zero-order valence-corrected chi connectivity index (χ0v) is 16.1. The van der Waals surface area contributed by atoms with Crippen LogP contribution in [0.2, 0.25) is 0 Å². The van der Waals surface area contributed by atoms with Crippen molar-refractivity contribution in [2.24, 2.45) is 0 Å². The SMILES string of the molecule is COc1ccc(Br)cc1CN(C)[C@@H](C)C(=O)N(C)c1ccccc1. The van der Waals surface area contributed by atoms with Gasteiger partial charge >= 0.3 is 0 Å². The normalized spacial score (nSPS) is 12.1. The lowest BCUT2D eigenvalue weighted by molar-refractivity contribution is -0.122. The van der Waals surface area contributed by atoms with Crippen LogP contribution in [0.15, 0.2) is 53.0 Å². The van der Waals surface area contributed by atoms with Gasteiger partial charge in [-0.3, -0.25) is 9.69 Å². The Hall–Kier alpha value is -1.85. The van der Waals surface area contributed by atoms with E-state index in [1.54, 1.807) is 12.0 Å². The van der Waals surface area contributed by atoms with E-state index in [4.69, 9.17) is 4.74 Å². The molecule has 2 aromatic carbocycles. The summed E-state index contributed by atoms with van der Waals surface area (Å²) in [4.78, 5) is 16.5. The molecule has 0 aliphatic rings. The number of ether oxygens (including phenoxy) is 1. The van der Waals surface area contributed by atoms with Gasteiger partial charge in [-0.1, -0.05) is 34.1 Å². The van der Waals surface area contributed by atoms with E-state index in [9.17, 15) is 4.79 Å². The monoisotopic (exact) mass is 390 g/mol. The Morgan fingerprint density at radius 3 is 2.46 bits per heavy atom. The molecule has 0 fully saturated rings. The van der Waals surface area contributed by atoms with Crippen LogP contribution in [0.4, 0.5) is 5.69 Å². The topological polar surface area (TPSA) is 32.8 Å². The number of nitrogens with zero attached hydrogens (tertiary/aromatic N) is 2. The molecule has 0 saturated heterocycles. The van der Waals surface area contributed by atoms with Gasteiger partial charge in [-0.25, -0.2) is 0 Å². The standard InChI is InChI=1S/C19H23BrN2O2/c1-14(19(23)22(3)17-8-6-5-7-9-17)21(2)13-15-12-16(20)10-11-18(15)24-4/h5-12,14H,13H2,1-4H3/t14-/m0/s1. The van der Waals surface area contributed by atoms with Crippen molar-refractivity contribution in [2.75, 3.05) is 26.1 Å². The number of anilines is 1. The van der Waals surface area contributed by atoms with Crippen molar-refractivity contribution in [1.82, 2.24) is 4.90 Å². The third-order valence-electron chi connectivity index (χ3n) is 4.15. The molecule has 0 unspecified atom stereocenters. The number of methoxy groups -OCH3 is 1. The number of likely N-dealkylation sites (N-methyl/N-ethyl adjacent to an activating group) is 2. The van der Waals surface area contributed by atoms with Crippen molar-refractivity contribution in [2.45, 2.75) is 19.5 Å². The van der Waals surface area contributed by atoms with Crippen LogP contribution in [-0.2, 0) is 11.3 Å². The lowest BCUT2D eigenvalue weighted by atomic mass is 10.1. The maximum absolute atomic E-state index is 12.7. The number of halogens is 1. The van der Waals surface area contributed by atoms with Gasteiger partial charge in [-0.15, -0.1) is 0 Å². The van der Waals surface area contributed by atoms with E-state index in [0.29, 0.717) is 6.54 Å². The van der Waals surface area contributed by atoms with Crippen molar-refractivity contribution in [3.8, 4) is 5.75 Å². The molecule has 0 aliphatic heterocycles. The van der Waals surface area contributed by atoms with E-state index in [2.05, 4.69) is 15.9 Å². The maximum Gasteiger partial charge on any atom is 0.243 e. The number of carbonyl (C=O) groups is 1. The number of benzene rings is 2. The van der Waals surface area contributed by atoms with Crippen molar-refractivity contribution < 1.29 is 9.53 Å². The summed E-state index contributed by atoms with van der Waals surface area (Å²) >= 11 is 3.49. The molecular weight excluding hydrogens is 368 g/mol. The van der Waals surface area contributed by atoms with Crippen molar-refractivity contribution >= 4 is 27.5 Å². The van der Waals surface area contributed by atoms with Gasteiger partial charge in [0.25, 0.3) is 0 Å². The van der Waals surface area contributed by atoms with Crippen LogP contribution < -0.4 is 9.64 Å². The van der Waals surface area contributed by atoms with Crippen LogP contribution in [0.25, 0.3) is 0 Å². The highest BCUT2D eigenvalue weighted by Crippen LogP contribution is 2.25. The third-order valence-corrected chi connectivity index (χ3v) is 4.65. The summed E-state index contributed by atoms with van der Waals surface area (Å²) < 4.78 is 6.41. The van der Waals surface area contributed by atoms with Gasteiger partial charge in [0.1, 0.15) is 5.75 Å². The highest BCUT2D eigenvalue weighted by molar-refractivity contribution is 9.10.